The Balaban J connectivity index is 1.77. The van der Waals surface area contributed by atoms with E-state index in [0.717, 1.165) is 35.0 Å². The van der Waals surface area contributed by atoms with Gasteiger partial charge in [-0.3, -0.25) is 0 Å². The van der Waals surface area contributed by atoms with Crippen molar-refractivity contribution in [3.8, 4) is 17.3 Å². The Labute approximate surface area is 170 Å². The predicted molar refractivity (Wildman–Crippen MR) is 115 cm³/mol. The summed E-state index contributed by atoms with van der Waals surface area (Å²) in [7, 11) is 3.60. The molecule has 0 atom stereocenters. The molecule has 28 heavy (non-hydrogen) atoms. The molecule has 0 fully saturated rings. The molecular weight excluding hydrogens is 370 g/mol. The van der Waals surface area contributed by atoms with E-state index in [1.54, 1.807) is 30.8 Å². The summed E-state index contributed by atoms with van der Waals surface area (Å²) in [6.45, 7) is 7.26. The normalized spacial score (nSPS) is 11.2. The van der Waals surface area contributed by atoms with Crippen molar-refractivity contribution in [2.24, 2.45) is 4.99 Å². The molecule has 0 N–H and O–H groups in total. The lowest BCUT2D eigenvalue weighted by Gasteiger charge is -2.11. The highest BCUT2D eigenvalue weighted by atomic mass is 32.1. The number of aryl methyl sites for hydroxylation is 2. The Kier molecular flexibility index (Phi) is 6.36. The quantitative estimate of drug-likeness (QED) is 0.437. The number of aromatic nitrogens is 3. The summed E-state index contributed by atoms with van der Waals surface area (Å²) in [5, 5.41) is 3.07. The number of benzene rings is 1. The van der Waals surface area contributed by atoms with Gasteiger partial charge in [0.2, 0.25) is 5.88 Å². The Morgan fingerprint density at radius 3 is 2.64 bits per heavy atom. The average molecular weight is 396 g/mol. The third-order valence-corrected chi connectivity index (χ3v) is 5.39. The van der Waals surface area contributed by atoms with Crippen molar-refractivity contribution in [3.63, 3.8) is 0 Å². The molecule has 0 radical (unpaired) electrons. The van der Waals surface area contributed by atoms with E-state index in [-0.39, 0.29) is 0 Å². The highest BCUT2D eigenvalue weighted by Crippen LogP contribution is 2.27. The van der Waals surface area contributed by atoms with Gasteiger partial charge in [-0.2, -0.15) is 0 Å². The van der Waals surface area contributed by atoms with Gasteiger partial charge in [0.25, 0.3) is 0 Å². The molecule has 146 valence electrons. The summed E-state index contributed by atoms with van der Waals surface area (Å²) in [6.07, 6.45) is 5.97. The molecule has 1 aromatic carbocycles. The van der Waals surface area contributed by atoms with Crippen LogP contribution in [0.4, 0.5) is 5.69 Å². The number of methoxy groups -OCH3 is 1. The topological polar surface area (TPSA) is 63.5 Å². The first-order chi connectivity index (χ1) is 13.5. The van der Waals surface area contributed by atoms with Gasteiger partial charge in [0, 0.05) is 25.4 Å². The van der Waals surface area contributed by atoms with Crippen LogP contribution in [-0.2, 0) is 6.42 Å². The molecule has 0 aliphatic heterocycles. The fraction of sp³-hybridized carbons (Fsp3) is 0.333. The Morgan fingerprint density at radius 2 is 1.96 bits per heavy atom. The third kappa shape index (κ3) is 4.72. The van der Waals surface area contributed by atoms with Gasteiger partial charge in [0.05, 0.1) is 36.5 Å². The van der Waals surface area contributed by atoms with Crippen LogP contribution in [0.15, 0.2) is 34.9 Å². The van der Waals surface area contributed by atoms with Crippen molar-refractivity contribution >= 4 is 23.4 Å². The lowest BCUT2D eigenvalue weighted by molar-refractivity contribution is 0.396. The van der Waals surface area contributed by atoms with Crippen LogP contribution in [0.5, 0.6) is 5.88 Å². The van der Waals surface area contributed by atoms with Crippen molar-refractivity contribution in [2.75, 3.05) is 20.7 Å². The second-order valence-electron chi connectivity index (χ2n) is 6.63. The smallest absolute Gasteiger partial charge is 0.232 e. The Bertz CT molecular complexity index is 965. The molecule has 0 aliphatic carbocycles. The highest BCUT2D eigenvalue weighted by Gasteiger charge is 2.10. The van der Waals surface area contributed by atoms with E-state index >= 15 is 0 Å². The molecule has 7 heteroatoms. The number of aliphatic imine (C=N–C) groups is 1. The van der Waals surface area contributed by atoms with Gasteiger partial charge >= 0.3 is 0 Å². The monoisotopic (exact) mass is 395 g/mol. The van der Waals surface area contributed by atoms with Gasteiger partial charge in [-0.1, -0.05) is 6.07 Å². The fourth-order valence-corrected chi connectivity index (χ4v) is 3.47. The summed E-state index contributed by atoms with van der Waals surface area (Å²) >= 11 is 1.64. The lowest BCUT2D eigenvalue weighted by atomic mass is 10.0. The van der Waals surface area contributed by atoms with E-state index in [2.05, 4.69) is 52.8 Å². The molecule has 0 unspecified atom stereocenters. The number of hydrogen-bond donors (Lipinski definition) is 0. The molecule has 0 bridgehead atoms. The molecule has 2 heterocycles. The summed E-state index contributed by atoms with van der Waals surface area (Å²) in [6, 6.07) is 4.36. The van der Waals surface area contributed by atoms with Gasteiger partial charge in [0.15, 0.2) is 0 Å². The van der Waals surface area contributed by atoms with Crippen molar-refractivity contribution in [1.82, 2.24) is 19.9 Å². The van der Waals surface area contributed by atoms with E-state index < -0.39 is 0 Å². The van der Waals surface area contributed by atoms with Crippen molar-refractivity contribution in [1.29, 1.82) is 0 Å². The number of ether oxygens (including phenoxy) is 1. The lowest BCUT2D eigenvalue weighted by Crippen LogP contribution is -2.14. The molecule has 0 saturated carbocycles. The van der Waals surface area contributed by atoms with Crippen LogP contribution in [0, 0.1) is 13.8 Å². The maximum Gasteiger partial charge on any atom is 0.232 e. The highest BCUT2D eigenvalue weighted by molar-refractivity contribution is 7.10. The minimum Gasteiger partial charge on any atom is -0.480 e. The molecule has 0 spiro atoms. The van der Waals surface area contributed by atoms with Gasteiger partial charge in [-0.25, -0.2) is 19.9 Å². The first kappa shape index (κ1) is 19.9. The summed E-state index contributed by atoms with van der Waals surface area (Å²) in [4.78, 5) is 20.0. The largest absolute Gasteiger partial charge is 0.480 e. The zero-order valence-corrected chi connectivity index (χ0v) is 17.7. The van der Waals surface area contributed by atoms with E-state index in [1.807, 2.05) is 18.8 Å². The summed E-state index contributed by atoms with van der Waals surface area (Å²) in [5.41, 5.74) is 6.25. The van der Waals surface area contributed by atoms with E-state index in [9.17, 15) is 0 Å². The molecule has 0 aliphatic rings. The minimum absolute atomic E-state index is 0.498. The zero-order chi connectivity index (χ0) is 20.1. The number of nitrogens with zero attached hydrogens (tertiary/aromatic N) is 5. The number of thiazole rings is 1. The third-order valence-electron chi connectivity index (χ3n) is 4.54. The second kappa shape index (κ2) is 8.93. The molecule has 3 rings (SSSR count). The van der Waals surface area contributed by atoms with Gasteiger partial charge < -0.3 is 9.64 Å². The predicted octanol–water partition coefficient (Wildman–Crippen LogP) is 4.43. The van der Waals surface area contributed by atoms with Gasteiger partial charge in [-0.05, 0) is 43.5 Å². The first-order valence-corrected chi connectivity index (χ1v) is 10.0. The molecular formula is C21H25N5OS. The fourth-order valence-electron chi connectivity index (χ4n) is 2.66. The number of rotatable bonds is 7. The van der Waals surface area contributed by atoms with E-state index in [4.69, 9.17) is 9.72 Å². The zero-order valence-electron chi connectivity index (χ0n) is 16.9. The standard InChI is InChI=1S/C21H25N5OS/c1-6-26(4)13-24-17-8-14(2)16(7-15(17)3)9-21-25-19(12-28-21)18-10-23-20(27-5)11-22-18/h7-8,10-13H,6,9H2,1-5H3/b24-13+. The van der Waals surface area contributed by atoms with Crippen LogP contribution in [0.1, 0.15) is 28.6 Å². The molecule has 3 aromatic rings. The van der Waals surface area contributed by atoms with Crippen molar-refractivity contribution in [2.45, 2.75) is 27.2 Å². The van der Waals surface area contributed by atoms with E-state index in [0.29, 0.717) is 5.88 Å². The van der Waals surface area contributed by atoms with Crippen LogP contribution in [0.3, 0.4) is 0 Å². The first-order valence-electron chi connectivity index (χ1n) is 9.15. The van der Waals surface area contributed by atoms with E-state index in [1.165, 1.54) is 16.7 Å². The van der Waals surface area contributed by atoms with Crippen LogP contribution in [0.2, 0.25) is 0 Å². The second-order valence-corrected chi connectivity index (χ2v) is 7.57. The Hall–Kier alpha value is -2.80. The molecule has 6 nitrogen and oxygen atoms in total. The van der Waals surface area contributed by atoms with Gasteiger partial charge in [-0.15, -0.1) is 11.3 Å². The molecule has 0 saturated heterocycles. The van der Waals surface area contributed by atoms with Crippen LogP contribution < -0.4 is 4.74 Å². The molecule has 2 aromatic heterocycles. The number of hydrogen-bond acceptors (Lipinski definition) is 6. The molecule has 0 amide bonds. The van der Waals surface area contributed by atoms with Crippen LogP contribution >= 0.6 is 11.3 Å². The van der Waals surface area contributed by atoms with Gasteiger partial charge in [0.1, 0.15) is 11.4 Å². The Morgan fingerprint density at radius 1 is 1.14 bits per heavy atom. The average Bonchev–Trinajstić information content (AvgIpc) is 3.17. The maximum atomic E-state index is 5.06. The van der Waals surface area contributed by atoms with Crippen molar-refractivity contribution < 1.29 is 4.74 Å². The van der Waals surface area contributed by atoms with Crippen molar-refractivity contribution in [3.05, 3.63) is 51.6 Å². The minimum atomic E-state index is 0.498. The summed E-state index contributed by atoms with van der Waals surface area (Å²) in [5.74, 6) is 0.498. The van der Waals surface area contributed by atoms with Crippen LogP contribution in [-0.4, -0.2) is 46.9 Å². The van der Waals surface area contributed by atoms with Crippen LogP contribution in [0.25, 0.3) is 11.4 Å². The maximum absolute atomic E-state index is 5.06. The summed E-state index contributed by atoms with van der Waals surface area (Å²) < 4.78 is 5.06. The SMILES string of the molecule is CCN(C)/C=N/c1cc(C)c(Cc2nc(-c3cnc(OC)cn3)cs2)cc1C.